The van der Waals surface area contributed by atoms with E-state index in [1.165, 1.54) is 115 Å². The lowest BCUT2D eigenvalue weighted by Gasteiger charge is -2.21. The summed E-state index contributed by atoms with van der Waals surface area (Å²) in [5.41, 5.74) is 20.8. The molecule has 1 aliphatic carbocycles. The fourth-order valence-electron chi connectivity index (χ4n) is 12.8. The number of hydrogen-bond donors (Lipinski definition) is 0. The average molecular weight is 920 g/mol. The van der Waals surface area contributed by atoms with Crippen LogP contribution in [0.1, 0.15) is 25.0 Å². The van der Waals surface area contributed by atoms with Crippen LogP contribution in [0, 0.1) is 0 Å². The molecule has 5 nitrogen and oxygen atoms in total. The maximum atomic E-state index is 2.49. The molecule has 15 aromatic rings. The predicted molar refractivity (Wildman–Crippen MR) is 301 cm³/mol. The third kappa shape index (κ3) is 5.31. The van der Waals surface area contributed by atoms with Crippen molar-refractivity contribution in [3.63, 3.8) is 0 Å². The second kappa shape index (κ2) is 14.4. The summed E-state index contributed by atoms with van der Waals surface area (Å²) in [4.78, 5) is 0. The molecular weight excluding hydrogens is 875 g/mol. The van der Waals surface area contributed by atoms with Crippen LogP contribution in [-0.2, 0) is 5.41 Å². The summed E-state index contributed by atoms with van der Waals surface area (Å²) in [5, 5.41) is 9.95. The van der Waals surface area contributed by atoms with E-state index in [0.717, 1.165) is 22.7 Å². The van der Waals surface area contributed by atoms with E-state index in [4.69, 9.17) is 0 Å². The molecule has 0 saturated carbocycles. The molecule has 1 aliphatic rings. The summed E-state index contributed by atoms with van der Waals surface area (Å²) in [6, 6.07) is 83.0. The molecule has 0 saturated heterocycles. The number of para-hydroxylation sites is 4. The van der Waals surface area contributed by atoms with Crippen LogP contribution in [-0.4, -0.2) is 22.8 Å². The van der Waals surface area contributed by atoms with Crippen LogP contribution in [0.4, 0.5) is 0 Å². The van der Waals surface area contributed by atoms with Gasteiger partial charge in [-0.25, -0.2) is 0 Å². The number of aromatic nitrogens is 5. The van der Waals surface area contributed by atoms with E-state index in [2.05, 4.69) is 274 Å². The Morgan fingerprint density at radius 2 is 0.736 bits per heavy atom. The third-order valence-corrected chi connectivity index (χ3v) is 16.1. The molecule has 338 valence electrons. The van der Waals surface area contributed by atoms with Crippen LogP contribution in [0.15, 0.2) is 237 Å². The molecule has 16 rings (SSSR count). The van der Waals surface area contributed by atoms with Crippen molar-refractivity contribution in [1.82, 2.24) is 22.8 Å². The van der Waals surface area contributed by atoms with Crippen LogP contribution >= 0.6 is 0 Å². The maximum absolute atomic E-state index is 2.49. The van der Waals surface area contributed by atoms with Gasteiger partial charge in [0.2, 0.25) is 0 Å². The lowest BCUT2D eigenvalue weighted by Crippen LogP contribution is -2.14. The third-order valence-electron chi connectivity index (χ3n) is 16.1. The Bertz CT molecular complexity index is 4740. The first kappa shape index (κ1) is 39.5. The van der Waals surface area contributed by atoms with Crippen LogP contribution in [0.2, 0.25) is 0 Å². The Labute approximate surface area is 414 Å². The molecule has 0 aliphatic heterocycles. The van der Waals surface area contributed by atoms with Gasteiger partial charge in [-0.1, -0.05) is 123 Å². The van der Waals surface area contributed by atoms with Crippen LogP contribution in [0.25, 0.3) is 127 Å². The lowest BCUT2D eigenvalue weighted by molar-refractivity contribution is 0.661. The molecule has 0 unspecified atom stereocenters. The van der Waals surface area contributed by atoms with Gasteiger partial charge in [-0.05, 0) is 132 Å². The van der Waals surface area contributed by atoms with E-state index >= 15 is 0 Å². The summed E-state index contributed by atoms with van der Waals surface area (Å²) < 4.78 is 12.0. The van der Waals surface area contributed by atoms with Crippen LogP contribution < -0.4 is 0 Å². The van der Waals surface area contributed by atoms with Gasteiger partial charge < -0.3 is 22.8 Å². The number of fused-ring (bicyclic) bond motifs is 15. The quantitative estimate of drug-likeness (QED) is 0.164. The summed E-state index contributed by atoms with van der Waals surface area (Å²) in [6.07, 6.45) is 4.42. The predicted octanol–water partition coefficient (Wildman–Crippen LogP) is 17.2. The highest BCUT2D eigenvalue weighted by atomic mass is 15.0. The molecule has 10 aromatic carbocycles. The van der Waals surface area contributed by atoms with Crippen molar-refractivity contribution >= 4 is 87.2 Å². The summed E-state index contributed by atoms with van der Waals surface area (Å²) >= 11 is 0. The summed E-state index contributed by atoms with van der Waals surface area (Å²) in [5.74, 6) is 0. The molecule has 5 heteroatoms. The second-order valence-corrected chi connectivity index (χ2v) is 20.2. The molecule has 0 radical (unpaired) electrons. The van der Waals surface area contributed by atoms with Gasteiger partial charge in [-0.2, -0.15) is 0 Å². The molecule has 0 fully saturated rings. The van der Waals surface area contributed by atoms with E-state index in [-0.39, 0.29) is 5.41 Å². The van der Waals surface area contributed by atoms with Gasteiger partial charge in [-0.15, -0.1) is 0 Å². The van der Waals surface area contributed by atoms with Crippen molar-refractivity contribution in [3.05, 3.63) is 248 Å². The first-order valence-electron chi connectivity index (χ1n) is 25.0. The number of hydrogen-bond acceptors (Lipinski definition) is 0. The zero-order valence-corrected chi connectivity index (χ0v) is 39.8. The lowest BCUT2D eigenvalue weighted by atomic mass is 9.82. The Kier molecular flexibility index (Phi) is 7.89. The summed E-state index contributed by atoms with van der Waals surface area (Å²) in [7, 11) is 0. The van der Waals surface area contributed by atoms with E-state index in [1.807, 2.05) is 0 Å². The minimum atomic E-state index is -0.0746. The van der Waals surface area contributed by atoms with E-state index < -0.39 is 0 Å². The van der Waals surface area contributed by atoms with Gasteiger partial charge in [0.05, 0.1) is 44.1 Å². The maximum Gasteiger partial charge on any atom is 0.0622 e. The highest BCUT2D eigenvalue weighted by Gasteiger charge is 2.37. The Hall–Kier alpha value is -9.32. The van der Waals surface area contributed by atoms with Gasteiger partial charge in [0, 0.05) is 94.9 Å². The van der Waals surface area contributed by atoms with E-state index in [1.54, 1.807) is 0 Å². The SMILES string of the molecule is CC1(C)c2ccccc2-c2c1ccc1c3ccccc3n(-c3ccc(-n4ccc5cc6c(ccn6-c6ccc(-n7c8ccccc8c8cc9c(cc87)c7ccccc7n9-c7ccccc7)cc6)cc54)cc3)c21. The first-order chi connectivity index (χ1) is 35.5. The van der Waals surface area contributed by atoms with Crippen molar-refractivity contribution in [2.24, 2.45) is 0 Å². The van der Waals surface area contributed by atoms with Gasteiger partial charge in [-0.3, -0.25) is 0 Å². The molecule has 0 atom stereocenters. The molecule has 72 heavy (non-hydrogen) atoms. The zero-order valence-electron chi connectivity index (χ0n) is 39.8. The van der Waals surface area contributed by atoms with E-state index in [0.29, 0.717) is 0 Å². The molecule has 0 bridgehead atoms. The molecule has 5 heterocycles. The van der Waals surface area contributed by atoms with E-state index in [9.17, 15) is 0 Å². The molecule has 0 amide bonds. The van der Waals surface area contributed by atoms with Gasteiger partial charge >= 0.3 is 0 Å². The highest BCUT2D eigenvalue weighted by molar-refractivity contribution is 6.19. The Balaban J connectivity index is 0.766. The smallest absolute Gasteiger partial charge is 0.0622 e. The fourth-order valence-corrected chi connectivity index (χ4v) is 12.8. The van der Waals surface area contributed by atoms with Crippen molar-refractivity contribution < 1.29 is 0 Å². The molecule has 0 N–H and O–H groups in total. The number of nitrogens with zero attached hydrogens (tertiary/aromatic N) is 5. The van der Waals surface area contributed by atoms with Gasteiger partial charge in [0.25, 0.3) is 0 Å². The van der Waals surface area contributed by atoms with Crippen molar-refractivity contribution in [1.29, 1.82) is 0 Å². The average Bonchev–Trinajstić information content (AvgIpc) is 4.28. The monoisotopic (exact) mass is 919 g/mol. The second-order valence-electron chi connectivity index (χ2n) is 20.2. The van der Waals surface area contributed by atoms with Crippen LogP contribution in [0.3, 0.4) is 0 Å². The standard InChI is InChI=1S/C67H45N5/c1-67(2)56-20-10-6-19-53(56)65-57(67)33-32-52-49-16-7-13-23-60(49)72(66(52)65)48-30-26-45(27-31-48)69-37-35-43-38-61-42(39-62(43)69)34-36-68(61)44-24-28-47(29-25-44)71-59-22-12-9-18-51(59)55-40-63-54(41-64(55)71)50-17-8-11-21-58(50)70(63)46-14-4-3-5-15-46/h3-41H,1-2H3. The van der Waals surface area contributed by atoms with Crippen molar-refractivity contribution in [3.8, 4) is 39.6 Å². The minimum absolute atomic E-state index is 0.0746. The fraction of sp³-hybridized carbons (Fsp3) is 0.0448. The largest absolute Gasteiger partial charge is 0.317 e. The van der Waals surface area contributed by atoms with Gasteiger partial charge in [0.15, 0.2) is 0 Å². The topological polar surface area (TPSA) is 24.6 Å². The number of rotatable bonds is 5. The molecule has 0 spiro atoms. The Morgan fingerprint density at radius 3 is 1.31 bits per heavy atom. The zero-order chi connectivity index (χ0) is 47.4. The number of benzene rings is 10. The molecule has 5 aromatic heterocycles. The summed E-state index contributed by atoms with van der Waals surface area (Å²) in [6.45, 7) is 4.73. The van der Waals surface area contributed by atoms with Crippen LogP contribution in [0.5, 0.6) is 0 Å². The van der Waals surface area contributed by atoms with Crippen molar-refractivity contribution in [2.75, 3.05) is 0 Å². The van der Waals surface area contributed by atoms with Gasteiger partial charge in [0.1, 0.15) is 0 Å². The normalized spacial score (nSPS) is 13.2. The molecular formula is C67H45N5. The first-order valence-corrected chi connectivity index (χ1v) is 25.0. The minimum Gasteiger partial charge on any atom is -0.317 e. The van der Waals surface area contributed by atoms with Crippen molar-refractivity contribution in [2.45, 2.75) is 19.3 Å². The Morgan fingerprint density at radius 1 is 0.292 bits per heavy atom. The highest BCUT2D eigenvalue weighted by Crippen LogP contribution is 2.53.